The number of aromatic nitrogens is 1. The van der Waals surface area contributed by atoms with Crippen LogP contribution in [0.5, 0.6) is 0 Å². The number of hydrogen-bond donors (Lipinski definition) is 2. The number of nitrogens with zero attached hydrogens (tertiary/aromatic N) is 1. The van der Waals surface area contributed by atoms with Crippen LogP contribution in [-0.2, 0) is 9.84 Å². The van der Waals surface area contributed by atoms with E-state index in [1.54, 1.807) is 12.1 Å². The maximum Gasteiger partial charge on any atom is 0.154 e. The first-order valence-electron chi connectivity index (χ1n) is 6.12. The molecule has 19 heavy (non-hydrogen) atoms. The molecule has 1 unspecified atom stereocenters. The van der Waals surface area contributed by atoms with Gasteiger partial charge < -0.3 is 11.1 Å². The van der Waals surface area contributed by atoms with Gasteiger partial charge in [-0.1, -0.05) is 12.2 Å². The van der Waals surface area contributed by atoms with Gasteiger partial charge in [-0.2, -0.15) is 0 Å². The van der Waals surface area contributed by atoms with E-state index in [4.69, 9.17) is 18.0 Å². The van der Waals surface area contributed by atoms with Gasteiger partial charge in [0.2, 0.25) is 0 Å². The summed E-state index contributed by atoms with van der Waals surface area (Å²) in [5.41, 5.74) is 7.12. The van der Waals surface area contributed by atoms with Gasteiger partial charge in [0, 0.05) is 17.8 Å². The highest BCUT2D eigenvalue weighted by Crippen LogP contribution is 2.20. The number of sulfone groups is 1. The van der Waals surface area contributed by atoms with Crippen molar-refractivity contribution in [1.82, 2.24) is 4.98 Å². The average molecular weight is 299 g/mol. The number of hydrogen-bond acceptors (Lipinski definition) is 5. The number of aryl methyl sites for hydroxylation is 1. The normalized spacial score (nSPS) is 21.2. The zero-order valence-electron chi connectivity index (χ0n) is 10.7. The summed E-state index contributed by atoms with van der Waals surface area (Å²) in [4.78, 5) is 4.61. The highest BCUT2D eigenvalue weighted by Gasteiger charge is 2.30. The summed E-state index contributed by atoms with van der Waals surface area (Å²) in [6, 6.07) is 3.55. The second-order valence-corrected chi connectivity index (χ2v) is 7.60. The Labute approximate surface area is 118 Å². The maximum absolute atomic E-state index is 11.7. The zero-order chi connectivity index (χ0) is 14.0. The fourth-order valence-electron chi connectivity index (χ4n) is 2.21. The van der Waals surface area contributed by atoms with Gasteiger partial charge in [-0.05, 0) is 31.9 Å². The van der Waals surface area contributed by atoms with E-state index < -0.39 is 9.84 Å². The average Bonchev–Trinajstić information content (AvgIpc) is 2.65. The third-order valence-electron chi connectivity index (χ3n) is 3.21. The van der Waals surface area contributed by atoms with Crippen LogP contribution in [0.2, 0.25) is 0 Å². The molecule has 0 bridgehead atoms. The van der Waals surface area contributed by atoms with Crippen LogP contribution in [-0.4, -0.2) is 35.9 Å². The number of anilines is 1. The third-order valence-corrected chi connectivity index (χ3v) is 5.72. The second kappa shape index (κ2) is 5.42. The molecule has 0 spiro atoms. The van der Waals surface area contributed by atoms with Crippen LogP contribution in [0.15, 0.2) is 12.1 Å². The molecule has 2 rings (SSSR count). The summed E-state index contributed by atoms with van der Waals surface area (Å²) in [5.74, 6) is 0.906. The Kier molecular flexibility index (Phi) is 4.05. The minimum atomic E-state index is -2.93. The molecule has 1 aliphatic rings. The van der Waals surface area contributed by atoms with Gasteiger partial charge in [0.25, 0.3) is 0 Å². The molecule has 0 radical (unpaired) electrons. The van der Waals surface area contributed by atoms with Crippen LogP contribution in [0.4, 0.5) is 5.82 Å². The first kappa shape index (κ1) is 14.2. The molecule has 0 amide bonds. The minimum Gasteiger partial charge on any atom is -0.389 e. The van der Waals surface area contributed by atoms with E-state index in [0.29, 0.717) is 29.5 Å². The van der Waals surface area contributed by atoms with Crippen molar-refractivity contribution in [2.45, 2.75) is 25.0 Å². The molecule has 1 fully saturated rings. The Morgan fingerprint density at radius 3 is 2.89 bits per heavy atom. The fourth-order valence-corrected chi connectivity index (χ4v) is 4.09. The molecular weight excluding hydrogens is 282 g/mol. The summed E-state index contributed by atoms with van der Waals surface area (Å²) in [5, 5.41) is 2.76. The van der Waals surface area contributed by atoms with E-state index in [1.807, 2.05) is 6.92 Å². The van der Waals surface area contributed by atoms with Crippen molar-refractivity contribution < 1.29 is 8.42 Å². The van der Waals surface area contributed by atoms with Gasteiger partial charge >= 0.3 is 0 Å². The van der Waals surface area contributed by atoms with Gasteiger partial charge in [-0.3, -0.25) is 0 Å². The van der Waals surface area contributed by atoms with Crippen molar-refractivity contribution in [2.75, 3.05) is 17.6 Å². The van der Waals surface area contributed by atoms with Gasteiger partial charge in [-0.25, -0.2) is 13.4 Å². The summed E-state index contributed by atoms with van der Waals surface area (Å²) >= 11 is 4.94. The predicted octanol–water partition coefficient (Wildman–Crippen LogP) is 1.01. The van der Waals surface area contributed by atoms with Crippen LogP contribution < -0.4 is 11.1 Å². The molecule has 1 aromatic rings. The lowest BCUT2D eigenvalue weighted by Crippen LogP contribution is -2.25. The van der Waals surface area contributed by atoms with Gasteiger partial charge in [-0.15, -0.1) is 0 Å². The van der Waals surface area contributed by atoms with Crippen molar-refractivity contribution in [3.8, 4) is 0 Å². The Hall–Kier alpha value is -1.21. The first-order chi connectivity index (χ1) is 8.88. The molecule has 1 saturated heterocycles. The SMILES string of the molecule is Cc1cc(C(N)=S)cc(NCC2CCCS2(=O)=O)n1. The van der Waals surface area contributed by atoms with E-state index >= 15 is 0 Å². The number of thiocarbonyl (C=S) groups is 1. The van der Waals surface area contributed by atoms with Crippen molar-refractivity contribution >= 4 is 32.9 Å². The van der Waals surface area contributed by atoms with Crippen LogP contribution in [0.1, 0.15) is 24.1 Å². The first-order valence-corrected chi connectivity index (χ1v) is 8.25. The highest BCUT2D eigenvalue weighted by atomic mass is 32.2. The number of rotatable bonds is 4. The molecule has 0 aliphatic carbocycles. The highest BCUT2D eigenvalue weighted by molar-refractivity contribution is 7.92. The van der Waals surface area contributed by atoms with Crippen molar-refractivity contribution in [3.63, 3.8) is 0 Å². The molecule has 1 atom stereocenters. The fraction of sp³-hybridized carbons (Fsp3) is 0.500. The Morgan fingerprint density at radius 1 is 1.58 bits per heavy atom. The summed E-state index contributed by atoms with van der Waals surface area (Å²) in [6.45, 7) is 2.23. The van der Waals surface area contributed by atoms with E-state index in [2.05, 4.69) is 10.3 Å². The molecule has 3 N–H and O–H groups in total. The quantitative estimate of drug-likeness (QED) is 0.807. The Balaban J connectivity index is 2.10. The lowest BCUT2D eigenvalue weighted by atomic mass is 10.2. The van der Waals surface area contributed by atoms with Crippen molar-refractivity contribution in [2.24, 2.45) is 5.73 Å². The van der Waals surface area contributed by atoms with Gasteiger partial charge in [0.15, 0.2) is 9.84 Å². The molecule has 2 heterocycles. The number of nitrogens with two attached hydrogens (primary N) is 1. The topological polar surface area (TPSA) is 85.1 Å². The molecule has 104 valence electrons. The number of nitrogens with one attached hydrogen (secondary N) is 1. The lowest BCUT2D eigenvalue weighted by Gasteiger charge is -2.12. The van der Waals surface area contributed by atoms with Crippen molar-refractivity contribution in [1.29, 1.82) is 0 Å². The molecule has 5 nitrogen and oxygen atoms in total. The van der Waals surface area contributed by atoms with Crippen LogP contribution >= 0.6 is 12.2 Å². The third kappa shape index (κ3) is 3.42. The van der Waals surface area contributed by atoms with Crippen LogP contribution in [0.3, 0.4) is 0 Å². The summed E-state index contributed by atoms with van der Waals surface area (Å²) in [7, 11) is -2.93. The maximum atomic E-state index is 11.7. The number of pyridine rings is 1. The van der Waals surface area contributed by atoms with E-state index in [1.165, 1.54) is 0 Å². The summed E-state index contributed by atoms with van der Waals surface area (Å²) < 4.78 is 23.4. The smallest absolute Gasteiger partial charge is 0.154 e. The zero-order valence-corrected chi connectivity index (χ0v) is 12.4. The molecule has 1 aromatic heterocycles. The van der Waals surface area contributed by atoms with Gasteiger partial charge in [0.05, 0.1) is 11.0 Å². The van der Waals surface area contributed by atoms with Gasteiger partial charge in [0.1, 0.15) is 10.8 Å². The van der Waals surface area contributed by atoms with E-state index in [0.717, 1.165) is 17.7 Å². The standard InChI is InChI=1S/C12H17N3O2S2/c1-8-5-9(12(13)18)6-11(15-8)14-7-10-3-2-4-19(10,16)17/h5-6,10H,2-4,7H2,1H3,(H2,13,18)(H,14,15). The molecule has 0 saturated carbocycles. The molecular formula is C12H17N3O2S2. The second-order valence-electron chi connectivity index (χ2n) is 4.76. The monoisotopic (exact) mass is 299 g/mol. The Bertz CT molecular complexity index is 599. The van der Waals surface area contributed by atoms with E-state index in [9.17, 15) is 8.42 Å². The van der Waals surface area contributed by atoms with E-state index in [-0.39, 0.29) is 5.25 Å². The Morgan fingerprint density at radius 2 is 2.32 bits per heavy atom. The summed E-state index contributed by atoms with van der Waals surface area (Å²) in [6.07, 6.45) is 1.46. The van der Waals surface area contributed by atoms with Crippen molar-refractivity contribution in [3.05, 3.63) is 23.4 Å². The lowest BCUT2D eigenvalue weighted by molar-refractivity contribution is 0.591. The van der Waals surface area contributed by atoms with Crippen LogP contribution in [0, 0.1) is 6.92 Å². The minimum absolute atomic E-state index is 0.290. The van der Waals surface area contributed by atoms with Crippen LogP contribution in [0.25, 0.3) is 0 Å². The molecule has 1 aliphatic heterocycles. The molecule has 0 aromatic carbocycles. The predicted molar refractivity (Wildman–Crippen MR) is 80.2 cm³/mol. The largest absolute Gasteiger partial charge is 0.389 e. The molecule has 7 heteroatoms.